The lowest BCUT2D eigenvalue weighted by atomic mass is 10.1. The van der Waals surface area contributed by atoms with Crippen LogP contribution in [0.5, 0.6) is 0 Å². The monoisotopic (exact) mass is 280 g/mol. The minimum atomic E-state index is -0.782. The van der Waals surface area contributed by atoms with Crippen molar-refractivity contribution in [3.05, 3.63) is 11.8 Å². The number of allylic oxidation sites excluding steroid dienone is 1. The molecule has 6 heteroatoms. The Labute approximate surface area is 118 Å². The molecule has 0 N–H and O–H groups in total. The van der Waals surface area contributed by atoms with Crippen molar-refractivity contribution in [1.82, 2.24) is 9.80 Å². The lowest BCUT2D eigenvalue weighted by Gasteiger charge is -2.37. The van der Waals surface area contributed by atoms with Crippen LogP contribution in [0.25, 0.3) is 0 Å². The van der Waals surface area contributed by atoms with Crippen molar-refractivity contribution in [2.75, 3.05) is 6.54 Å². The second kappa shape index (κ2) is 4.92. The summed E-state index contributed by atoms with van der Waals surface area (Å²) in [4.78, 5) is 39.4. The van der Waals surface area contributed by atoms with Crippen LogP contribution in [0.15, 0.2) is 11.8 Å². The second-order valence-corrected chi connectivity index (χ2v) is 5.98. The van der Waals surface area contributed by atoms with E-state index in [9.17, 15) is 14.4 Å². The molecular weight excluding hydrogens is 260 g/mol. The summed E-state index contributed by atoms with van der Waals surface area (Å²) >= 11 is 0. The molecule has 3 amide bonds. The number of amides is 3. The maximum atomic E-state index is 12.4. The van der Waals surface area contributed by atoms with Gasteiger partial charge < -0.3 is 9.64 Å². The van der Waals surface area contributed by atoms with Crippen LogP contribution in [-0.2, 0) is 14.3 Å². The molecular formula is C14H20N2O4. The van der Waals surface area contributed by atoms with Gasteiger partial charge in [0.05, 0.1) is 0 Å². The van der Waals surface area contributed by atoms with Gasteiger partial charge in [0.15, 0.2) is 0 Å². The number of rotatable bonds is 0. The molecule has 0 saturated carbocycles. The Hall–Kier alpha value is -1.85. The highest BCUT2D eigenvalue weighted by Crippen LogP contribution is 2.29. The minimum Gasteiger partial charge on any atom is -0.443 e. The average molecular weight is 280 g/mol. The van der Waals surface area contributed by atoms with E-state index in [1.54, 1.807) is 32.6 Å². The zero-order chi connectivity index (χ0) is 15.1. The summed E-state index contributed by atoms with van der Waals surface area (Å²) in [6, 6.07) is -0.529. The molecule has 0 bridgehead atoms. The largest absolute Gasteiger partial charge is 0.443 e. The highest BCUT2D eigenvalue weighted by molar-refractivity contribution is 6.11. The molecule has 110 valence electrons. The molecule has 0 aromatic carbocycles. The van der Waals surface area contributed by atoms with Crippen LogP contribution in [0.3, 0.4) is 0 Å². The first kappa shape index (κ1) is 14.6. The van der Waals surface area contributed by atoms with Gasteiger partial charge in [-0.25, -0.2) is 9.69 Å². The number of imide groups is 1. The molecule has 2 aliphatic rings. The highest BCUT2D eigenvalue weighted by Gasteiger charge is 2.48. The van der Waals surface area contributed by atoms with Crippen molar-refractivity contribution in [2.45, 2.75) is 52.2 Å². The molecule has 0 aliphatic carbocycles. The summed E-state index contributed by atoms with van der Waals surface area (Å²) in [6.45, 7) is 7.36. The molecule has 0 radical (unpaired) electrons. The normalized spacial score (nSPS) is 25.2. The molecule has 2 rings (SSSR count). The summed E-state index contributed by atoms with van der Waals surface area (Å²) < 4.78 is 5.23. The molecule has 1 unspecified atom stereocenters. The molecule has 0 aromatic heterocycles. The fourth-order valence-electron chi connectivity index (χ4n) is 2.53. The zero-order valence-electron chi connectivity index (χ0n) is 12.3. The predicted molar refractivity (Wildman–Crippen MR) is 71.6 cm³/mol. The van der Waals surface area contributed by atoms with E-state index in [-0.39, 0.29) is 17.5 Å². The van der Waals surface area contributed by atoms with Crippen LogP contribution in [0.4, 0.5) is 4.79 Å². The van der Waals surface area contributed by atoms with E-state index in [0.717, 1.165) is 11.3 Å². The summed E-state index contributed by atoms with van der Waals surface area (Å²) in [7, 11) is 0. The molecule has 2 saturated heterocycles. The number of hydrogen-bond donors (Lipinski definition) is 0. The highest BCUT2D eigenvalue weighted by atomic mass is 16.6. The topological polar surface area (TPSA) is 66.9 Å². The third-order valence-corrected chi connectivity index (χ3v) is 3.33. The van der Waals surface area contributed by atoms with E-state index >= 15 is 0 Å². The number of fused-ring (bicyclic) bond motifs is 1. The molecule has 0 aromatic rings. The Morgan fingerprint density at radius 1 is 1.35 bits per heavy atom. The van der Waals surface area contributed by atoms with Crippen LogP contribution in [-0.4, -0.2) is 45.9 Å². The van der Waals surface area contributed by atoms with Gasteiger partial charge in [0, 0.05) is 6.54 Å². The Bertz CT molecular complexity index is 490. The maximum Gasteiger partial charge on any atom is 0.421 e. The molecule has 1 atom stereocenters. The van der Waals surface area contributed by atoms with Crippen molar-refractivity contribution in [2.24, 2.45) is 0 Å². The first-order valence-corrected chi connectivity index (χ1v) is 6.80. The summed E-state index contributed by atoms with van der Waals surface area (Å²) in [5.74, 6) is -0.648. The van der Waals surface area contributed by atoms with Crippen LogP contribution in [0.2, 0.25) is 0 Å². The van der Waals surface area contributed by atoms with Gasteiger partial charge in [0.1, 0.15) is 17.3 Å². The minimum absolute atomic E-state index is 0.0856. The fourth-order valence-corrected chi connectivity index (χ4v) is 2.53. The number of nitrogens with zero attached hydrogens (tertiary/aromatic N) is 2. The van der Waals surface area contributed by atoms with Crippen molar-refractivity contribution in [3.8, 4) is 0 Å². The van der Waals surface area contributed by atoms with Crippen LogP contribution in [0, 0.1) is 0 Å². The SMILES string of the molecule is C/C=C1\C(=O)N2CCCC2C(=O)N1C(=O)OC(C)(C)C. The zero-order valence-corrected chi connectivity index (χ0v) is 12.3. The third-order valence-electron chi connectivity index (χ3n) is 3.33. The number of piperazine rings is 1. The standard InChI is InChI=1S/C14H20N2O4/c1-5-9-11(17)15-8-6-7-10(15)12(18)16(9)13(19)20-14(2,3)4/h5,10H,6-8H2,1-4H3/b9-5+. The van der Waals surface area contributed by atoms with Gasteiger partial charge in [-0.05, 0) is 40.5 Å². The van der Waals surface area contributed by atoms with Crippen molar-refractivity contribution in [1.29, 1.82) is 0 Å². The van der Waals surface area contributed by atoms with E-state index in [1.807, 2.05) is 0 Å². The average Bonchev–Trinajstić information content (AvgIpc) is 2.80. The van der Waals surface area contributed by atoms with Crippen molar-refractivity contribution < 1.29 is 19.1 Å². The molecule has 2 fully saturated rings. The number of carbonyl (C=O) groups is 3. The van der Waals surface area contributed by atoms with Crippen molar-refractivity contribution in [3.63, 3.8) is 0 Å². The van der Waals surface area contributed by atoms with Gasteiger partial charge in [-0.3, -0.25) is 9.59 Å². The van der Waals surface area contributed by atoms with E-state index in [2.05, 4.69) is 0 Å². The number of ether oxygens (including phenoxy) is 1. The third kappa shape index (κ3) is 2.42. The van der Waals surface area contributed by atoms with Gasteiger partial charge in [0.2, 0.25) is 0 Å². The summed E-state index contributed by atoms with van der Waals surface area (Å²) in [6.07, 6.45) is 2.08. The van der Waals surface area contributed by atoms with E-state index in [0.29, 0.717) is 13.0 Å². The van der Waals surface area contributed by atoms with Gasteiger partial charge in [0.25, 0.3) is 11.8 Å². The van der Waals surface area contributed by atoms with Gasteiger partial charge in [-0.1, -0.05) is 6.08 Å². The Morgan fingerprint density at radius 3 is 2.55 bits per heavy atom. The predicted octanol–water partition coefficient (Wildman–Crippen LogP) is 1.66. The summed E-state index contributed by atoms with van der Waals surface area (Å²) in [5, 5.41) is 0. The van der Waals surface area contributed by atoms with E-state index in [4.69, 9.17) is 4.74 Å². The van der Waals surface area contributed by atoms with E-state index in [1.165, 1.54) is 6.08 Å². The van der Waals surface area contributed by atoms with Crippen LogP contribution in [0.1, 0.15) is 40.5 Å². The van der Waals surface area contributed by atoms with Crippen LogP contribution >= 0.6 is 0 Å². The second-order valence-electron chi connectivity index (χ2n) is 5.98. The Kier molecular flexibility index (Phi) is 3.58. The molecule has 20 heavy (non-hydrogen) atoms. The van der Waals surface area contributed by atoms with Crippen LogP contribution < -0.4 is 0 Å². The number of hydrogen-bond acceptors (Lipinski definition) is 4. The Morgan fingerprint density at radius 2 is 2.00 bits per heavy atom. The maximum absolute atomic E-state index is 12.4. The smallest absolute Gasteiger partial charge is 0.421 e. The van der Waals surface area contributed by atoms with Gasteiger partial charge in [-0.2, -0.15) is 0 Å². The first-order chi connectivity index (χ1) is 9.26. The summed E-state index contributed by atoms with van der Waals surface area (Å²) in [5.41, 5.74) is -0.631. The molecule has 0 spiro atoms. The first-order valence-electron chi connectivity index (χ1n) is 6.80. The number of carbonyl (C=O) groups excluding carboxylic acids is 3. The lowest BCUT2D eigenvalue weighted by molar-refractivity contribution is -0.147. The molecule has 6 nitrogen and oxygen atoms in total. The molecule has 2 aliphatic heterocycles. The lowest BCUT2D eigenvalue weighted by Crippen LogP contribution is -2.58. The van der Waals surface area contributed by atoms with E-state index < -0.39 is 17.7 Å². The Balaban J connectivity index is 2.32. The fraction of sp³-hybridized carbons (Fsp3) is 0.643. The van der Waals surface area contributed by atoms with Gasteiger partial charge in [-0.15, -0.1) is 0 Å². The van der Waals surface area contributed by atoms with Gasteiger partial charge >= 0.3 is 6.09 Å². The quantitative estimate of drug-likeness (QED) is 0.633. The molecule has 2 heterocycles. The van der Waals surface area contributed by atoms with Crippen molar-refractivity contribution >= 4 is 17.9 Å².